The average Bonchev–Trinajstić information content (AvgIpc) is 2.63. The summed E-state index contributed by atoms with van der Waals surface area (Å²) < 4.78 is 46.1. The van der Waals surface area contributed by atoms with Crippen molar-refractivity contribution in [1.29, 1.82) is 0 Å². The van der Waals surface area contributed by atoms with Gasteiger partial charge in [-0.15, -0.1) is 13.2 Å². The summed E-state index contributed by atoms with van der Waals surface area (Å²) in [5, 5.41) is 4.43. The molecular formula is C16H24N5O8S+. The molecule has 0 unspecified atom stereocenters. The zero-order chi connectivity index (χ0) is 22.7. The molecule has 14 heteroatoms. The van der Waals surface area contributed by atoms with Crippen LogP contribution in [0, 0.1) is 0 Å². The van der Waals surface area contributed by atoms with Crippen LogP contribution in [-0.4, -0.2) is 56.4 Å². The summed E-state index contributed by atoms with van der Waals surface area (Å²) in [5.41, 5.74) is 0. The van der Waals surface area contributed by atoms with E-state index in [1.54, 1.807) is 30.9 Å². The molecule has 0 bridgehead atoms. The van der Waals surface area contributed by atoms with Crippen LogP contribution in [0.15, 0.2) is 31.4 Å². The lowest BCUT2D eigenvalue weighted by Gasteiger charge is -2.20. The quantitative estimate of drug-likeness (QED) is 0.253. The molecular weight excluding hydrogens is 422 g/mol. The Balaban J connectivity index is 3.64. The molecule has 166 valence electrons. The molecule has 0 saturated carbocycles. The van der Waals surface area contributed by atoms with Crippen LogP contribution in [0.2, 0.25) is 0 Å². The van der Waals surface area contributed by atoms with E-state index in [0.29, 0.717) is 17.8 Å². The van der Waals surface area contributed by atoms with Crippen molar-refractivity contribution in [2.75, 3.05) is 41.8 Å². The number of amides is 2. The van der Waals surface area contributed by atoms with E-state index in [1.807, 2.05) is 0 Å². The molecule has 0 atom stereocenters. The predicted octanol–water partition coefficient (Wildman–Crippen LogP) is 0.916. The van der Waals surface area contributed by atoms with Gasteiger partial charge in [0.25, 0.3) is 5.82 Å². The Morgan fingerprint density at radius 2 is 1.70 bits per heavy atom. The van der Waals surface area contributed by atoms with Gasteiger partial charge in [0, 0.05) is 13.1 Å². The first kappa shape index (κ1) is 24.6. The summed E-state index contributed by atoms with van der Waals surface area (Å²) in [6.45, 7) is 11.0. The normalized spacial score (nSPS) is 10.5. The van der Waals surface area contributed by atoms with Gasteiger partial charge in [-0.3, -0.25) is 4.55 Å². The van der Waals surface area contributed by atoms with Crippen LogP contribution in [0.5, 0.6) is 0 Å². The van der Waals surface area contributed by atoms with Crippen LogP contribution in [0.3, 0.4) is 0 Å². The number of anilines is 3. The molecule has 0 radical (unpaired) electrons. The number of hydrogen-bond donors (Lipinski definition) is 3. The van der Waals surface area contributed by atoms with Gasteiger partial charge < -0.3 is 14.4 Å². The number of carbonyl (C=O) groups excluding carboxylic acids is 2. The first-order valence-electron chi connectivity index (χ1n) is 8.63. The van der Waals surface area contributed by atoms with Gasteiger partial charge in [0.2, 0.25) is 0 Å². The Labute approximate surface area is 173 Å². The topological polar surface area (TPSA) is 160 Å². The highest BCUT2D eigenvalue weighted by molar-refractivity contribution is 7.80. The summed E-state index contributed by atoms with van der Waals surface area (Å²) in [4.78, 5) is 29.5. The first-order valence-corrected chi connectivity index (χ1v) is 10.00. The van der Waals surface area contributed by atoms with Gasteiger partial charge in [-0.2, -0.15) is 13.7 Å². The van der Waals surface area contributed by atoms with Crippen molar-refractivity contribution in [3.05, 3.63) is 31.4 Å². The maximum absolute atomic E-state index is 11.9. The lowest BCUT2D eigenvalue weighted by molar-refractivity contribution is -0.835. The third-order valence-electron chi connectivity index (χ3n) is 3.08. The van der Waals surface area contributed by atoms with Crippen molar-refractivity contribution in [1.82, 2.24) is 4.98 Å². The molecule has 3 N–H and O–H groups in total. The molecule has 0 spiro atoms. The highest BCUT2D eigenvalue weighted by Gasteiger charge is 2.29. The fourth-order valence-corrected chi connectivity index (χ4v) is 2.42. The van der Waals surface area contributed by atoms with Crippen molar-refractivity contribution in [2.45, 2.75) is 13.8 Å². The van der Waals surface area contributed by atoms with E-state index in [9.17, 15) is 18.0 Å². The molecule has 1 heterocycles. The van der Waals surface area contributed by atoms with Crippen LogP contribution >= 0.6 is 0 Å². The van der Waals surface area contributed by atoms with Crippen LogP contribution in [0.4, 0.5) is 27.2 Å². The smallest absolute Gasteiger partial charge is 0.441 e. The second kappa shape index (κ2) is 11.6. The minimum atomic E-state index is -5.08. The average molecular weight is 446 g/mol. The minimum absolute atomic E-state index is 0.0116. The van der Waals surface area contributed by atoms with E-state index >= 15 is 0 Å². The first-order chi connectivity index (χ1) is 14.1. The Morgan fingerprint density at radius 3 is 2.17 bits per heavy atom. The standard InChI is InChI=1S/C16H23N5O8S/c1-5-9-20(10-6-2)12-11-13(18-15(22)27-7-3)21(29-30(24,25)26)14(17-12)19-16(23)28-8-4/h5-6,11H,1-2,7-10H2,3-4H3,(H2,17,18,19,22,23,24,25,26)/p+1. The van der Waals surface area contributed by atoms with E-state index in [2.05, 4.69) is 33.1 Å². The Kier molecular flexibility index (Phi) is 9.51. The molecule has 0 aromatic carbocycles. The Hall–Kier alpha value is -3.39. The molecule has 1 aromatic heterocycles. The largest absolute Gasteiger partial charge is 0.474 e. The van der Waals surface area contributed by atoms with Gasteiger partial charge in [0.05, 0.1) is 19.3 Å². The maximum atomic E-state index is 11.9. The Morgan fingerprint density at radius 1 is 1.17 bits per heavy atom. The van der Waals surface area contributed by atoms with E-state index < -0.39 is 28.5 Å². The maximum Gasteiger partial charge on any atom is 0.474 e. The summed E-state index contributed by atoms with van der Waals surface area (Å²) in [6.07, 6.45) is 1.19. The molecule has 0 aliphatic heterocycles. The van der Waals surface area contributed by atoms with Crippen molar-refractivity contribution >= 4 is 40.2 Å². The monoisotopic (exact) mass is 446 g/mol. The minimum Gasteiger partial charge on any atom is -0.441 e. The molecule has 1 aromatic rings. The van der Waals surface area contributed by atoms with Gasteiger partial charge in [0.1, 0.15) is 0 Å². The number of nitrogens with zero attached hydrogens (tertiary/aromatic N) is 3. The second-order valence-electron chi connectivity index (χ2n) is 5.29. The van der Waals surface area contributed by atoms with Gasteiger partial charge in [0.15, 0.2) is 5.82 Å². The van der Waals surface area contributed by atoms with Crippen molar-refractivity contribution in [2.24, 2.45) is 0 Å². The summed E-state index contributed by atoms with van der Waals surface area (Å²) in [7, 11) is -5.08. The molecule has 1 rings (SSSR count). The van der Waals surface area contributed by atoms with Crippen LogP contribution in [0.25, 0.3) is 0 Å². The highest BCUT2D eigenvalue weighted by Crippen LogP contribution is 2.18. The molecule has 0 aliphatic carbocycles. The lowest BCUT2D eigenvalue weighted by Crippen LogP contribution is -2.51. The number of hydrogen-bond acceptors (Lipinski definition) is 9. The van der Waals surface area contributed by atoms with Crippen molar-refractivity contribution in [3.63, 3.8) is 0 Å². The summed E-state index contributed by atoms with van der Waals surface area (Å²) >= 11 is 0. The fourth-order valence-electron chi connectivity index (χ4n) is 2.08. The summed E-state index contributed by atoms with van der Waals surface area (Å²) in [5.74, 6) is -0.682. The summed E-state index contributed by atoms with van der Waals surface area (Å²) in [6, 6.07) is 1.23. The van der Waals surface area contributed by atoms with E-state index in [1.165, 1.54) is 6.07 Å². The SMILES string of the molecule is C=CCN(CC=C)c1cc(NC(=O)OCC)[n+](OS(=O)(=O)O)c(NC(=O)OCC)n1. The van der Waals surface area contributed by atoms with E-state index in [-0.39, 0.29) is 24.8 Å². The van der Waals surface area contributed by atoms with Gasteiger partial charge >= 0.3 is 28.5 Å². The van der Waals surface area contributed by atoms with Gasteiger partial charge in [-0.25, -0.2) is 19.2 Å². The molecule has 0 fully saturated rings. The fraction of sp³-hybridized carbons (Fsp3) is 0.375. The zero-order valence-corrected chi connectivity index (χ0v) is 17.3. The molecule has 0 aliphatic rings. The van der Waals surface area contributed by atoms with Crippen LogP contribution in [-0.2, 0) is 19.9 Å². The number of aromatic nitrogens is 2. The Bertz CT molecular complexity index is 839. The third-order valence-corrected chi connectivity index (χ3v) is 3.42. The van der Waals surface area contributed by atoms with Crippen LogP contribution < -0.4 is 24.5 Å². The molecule has 30 heavy (non-hydrogen) atoms. The number of ether oxygens (including phenoxy) is 2. The third kappa shape index (κ3) is 7.92. The molecule has 0 saturated heterocycles. The highest BCUT2D eigenvalue weighted by atomic mass is 32.3. The van der Waals surface area contributed by atoms with Crippen LogP contribution in [0.1, 0.15) is 13.8 Å². The van der Waals surface area contributed by atoms with Crippen molar-refractivity contribution in [3.8, 4) is 0 Å². The predicted molar refractivity (Wildman–Crippen MR) is 106 cm³/mol. The molecule has 2 amide bonds. The second-order valence-corrected chi connectivity index (χ2v) is 6.30. The zero-order valence-electron chi connectivity index (χ0n) is 16.5. The number of rotatable bonds is 11. The van der Waals surface area contributed by atoms with Gasteiger partial charge in [-0.05, 0) is 18.6 Å². The van der Waals surface area contributed by atoms with Gasteiger partial charge in [-0.1, -0.05) is 17.1 Å². The van der Waals surface area contributed by atoms with E-state index in [0.717, 1.165) is 0 Å². The number of carbonyl (C=O) groups is 2. The number of nitrogens with one attached hydrogen (secondary N) is 2. The lowest BCUT2D eigenvalue weighted by atomic mass is 10.4. The molecule has 13 nitrogen and oxygen atoms in total. The van der Waals surface area contributed by atoms with E-state index in [4.69, 9.17) is 14.0 Å². The van der Waals surface area contributed by atoms with Crippen molar-refractivity contribution < 1.29 is 41.0 Å².